The highest BCUT2D eigenvalue weighted by atomic mass is 35.5. The van der Waals surface area contributed by atoms with E-state index in [9.17, 15) is 39.9 Å². The Morgan fingerprint density at radius 2 is 1.10 bits per heavy atom. The fourth-order valence-corrected chi connectivity index (χ4v) is 14.4. The largest absolute Gasteiger partial charge is 0.490 e. The van der Waals surface area contributed by atoms with Crippen molar-refractivity contribution in [1.29, 1.82) is 0 Å². The first-order valence-electron chi connectivity index (χ1n) is 19.2. The summed E-state index contributed by atoms with van der Waals surface area (Å²) in [4.78, 5) is 11.4. The average molecular weight is 931 g/mol. The van der Waals surface area contributed by atoms with E-state index in [0.29, 0.717) is 35.7 Å². The fraction of sp³-hybridized carbons (Fsp3) is 0.419. The predicted molar refractivity (Wildman–Crippen MR) is 220 cm³/mol. The second kappa shape index (κ2) is 17.9. The zero-order valence-corrected chi connectivity index (χ0v) is 35.3. The Morgan fingerprint density at radius 3 is 1.51 bits per heavy atom. The van der Waals surface area contributed by atoms with Crippen molar-refractivity contribution in [3.63, 3.8) is 0 Å². The number of nitrogens with one attached hydrogen (secondary N) is 1. The molecular formula is C43H45Cl2F4NO9S2. The first-order chi connectivity index (χ1) is 28.5. The first-order valence-corrected chi connectivity index (χ1v) is 22.9. The monoisotopic (exact) mass is 929 g/mol. The molecule has 0 aromatic heterocycles. The zero-order chi connectivity index (χ0) is 43.2. The number of aliphatic hydroxyl groups is 1. The summed E-state index contributed by atoms with van der Waals surface area (Å²) in [5.74, 6) is -5.46. The van der Waals surface area contributed by atoms with Crippen LogP contribution in [0.1, 0.15) is 57.1 Å². The van der Waals surface area contributed by atoms with Crippen LogP contribution < -0.4 is 14.8 Å². The molecule has 4 aliphatic rings. The molecule has 4 aromatic carbocycles. The summed E-state index contributed by atoms with van der Waals surface area (Å²) >= 11 is 11.8. The molecule has 1 amide bonds. The Morgan fingerprint density at radius 1 is 0.705 bits per heavy atom. The van der Waals surface area contributed by atoms with Gasteiger partial charge in [-0.05, 0) is 123 Å². The number of carbonyl (C=O) groups excluding carboxylic acids is 1. The predicted octanol–water partition coefficient (Wildman–Crippen LogP) is 9.18. The molecule has 330 valence electrons. The van der Waals surface area contributed by atoms with E-state index in [1.165, 1.54) is 55.6 Å². The van der Waals surface area contributed by atoms with E-state index in [1.54, 1.807) is 0 Å². The molecule has 8 rings (SSSR count). The van der Waals surface area contributed by atoms with Gasteiger partial charge in [0.1, 0.15) is 21.1 Å². The van der Waals surface area contributed by atoms with Crippen LogP contribution >= 0.6 is 23.2 Å². The van der Waals surface area contributed by atoms with E-state index in [1.807, 2.05) is 0 Å². The Kier molecular flexibility index (Phi) is 13.7. The summed E-state index contributed by atoms with van der Waals surface area (Å²) in [6.45, 7) is -0.162. The van der Waals surface area contributed by atoms with Crippen molar-refractivity contribution >= 4 is 49.0 Å². The lowest BCUT2D eigenvalue weighted by Crippen LogP contribution is -2.52. The standard InChI is InChI=1S/C22H22ClF2NO5S.C20H19ClF2O4S.CH4/c1-26-21(27)31-11-13-8-9-22(32(28,29)16-4-2-15(23)3-5-16)14(10-13)12-30-20-18(25)7-6-17(24)19(20)22;21-14-1-3-15(4-2-14)28(25,26)20-8-7-12(10-24)9-13(20)11-27-19-17(23)6-5-16(22)18(19)20;/h2-7,13-14H,8-12H2,1H3,(H,26,27);1-6,12-13,24H,7-11H2;1H4/t13-,14-,22+;12-,13-,20+;/m11./s1. The SMILES string of the molecule is C.CNC(=O)OC[C@@H]1CC[C@@]2(S(=O)(=O)c3ccc(Cl)cc3)c3c(F)ccc(F)c3OC[C@H]2C1.O=S(=O)(c1ccc(Cl)cc1)[C@@]12CC[C@@H](CO)C[C@@H]1COc1c(F)ccc(F)c12. The van der Waals surface area contributed by atoms with Gasteiger partial charge in [-0.1, -0.05) is 30.6 Å². The topological polar surface area (TPSA) is 145 Å². The molecule has 0 saturated heterocycles. The highest BCUT2D eigenvalue weighted by Gasteiger charge is 2.61. The van der Waals surface area contributed by atoms with E-state index in [0.717, 1.165) is 24.3 Å². The van der Waals surface area contributed by atoms with Crippen LogP contribution in [0.25, 0.3) is 0 Å². The molecule has 2 N–H and O–H groups in total. The van der Waals surface area contributed by atoms with E-state index in [4.69, 9.17) is 37.4 Å². The number of halogens is 6. The lowest BCUT2D eigenvalue weighted by Gasteiger charge is -2.49. The van der Waals surface area contributed by atoms with Gasteiger partial charge in [-0.15, -0.1) is 0 Å². The Hall–Kier alpha value is -4.09. The van der Waals surface area contributed by atoms with Crippen LogP contribution in [0.4, 0.5) is 22.4 Å². The van der Waals surface area contributed by atoms with E-state index < -0.39 is 70.4 Å². The van der Waals surface area contributed by atoms with E-state index in [-0.39, 0.29) is 90.9 Å². The fourth-order valence-electron chi connectivity index (χ4n) is 9.44. The molecule has 0 unspecified atom stereocenters. The van der Waals surface area contributed by atoms with Crippen molar-refractivity contribution in [3.8, 4) is 11.5 Å². The van der Waals surface area contributed by atoms with Gasteiger partial charge >= 0.3 is 6.09 Å². The average Bonchev–Trinajstić information content (AvgIpc) is 3.24. The quantitative estimate of drug-likeness (QED) is 0.173. The Balaban J connectivity index is 0.000000202. The molecule has 2 saturated carbocycles. The van der Waals surface area contributed by atoms with Crippen LogP contribution in [-0.2, 0) is 33.9 Å². The smallest absolute Gasteiger partial charge is 0.406 e. The number of carbonyl (C=O) groups is 1. The number of benzene rings is 4. The molecule has 2 aliphatic carbocycles. The number of sulfone groups is 2. The molecular weight excluding hydrogens is 886 g/mol. The van der Waals surface area contributed by atoms with Gasteiger partial charge in [0, 0.05) is 35.5 Å². The lowest BCUT2D eigenvalue weighted by atomic mass is 9.69. The zero-order valence-electron chi connectivity index (χ0n) is 32.1. The number of hydrogen-bond acceptors (Lipinski definition) is 9. The van der Waals surface area contributed by atoms with Gasteiger partial charge < -0.3 is 24.6 Å². The third-order valence-corrected chi connectivity index (χ3v) is 18.0. The molecule has 0 bridgehead atoms. The Bertz CT molecular complexity index is 2500. The van der Waals surface area contributed by atoms with E-state index in [2.05, 4.69) is 5.32 Å². The first kappa shape index (κ1) is 46.4. The summed E-state index contributed by atoms with van der Waals surface area (Å²) in [7, 11) is -6.85. The highest BCUT2D eigenvalue weighted by Crippen LogP contribution is 2.59. The maximum Gasteiger partial charge on any atom is 0.406 e. The van der Waals surface area contributed by atoms with Crippen molar-refractivity contribution < 1.29 is 58.5 Å². The minimum Gasteiger partial charge on any atom is -0.490 e. The number of fused-ring (bicyclic) bond motifs is 6. The molecule has 18 heteroatoms. The second-order valence-corrected chi connectivity index (χ2v) is 20.8. The number of amides is 1. The molecule has 6 atom stereocenters. The summed E-state index contributed by atoms with van der Waals surface area (Å²) < 4.78 is 128. The van der Waals surface area contributed by atoms with Crippen LogP contribution in [0, 0.1) is 46.9 Å². The summed E-state index contributed by atoms with van der Waals surface area (Å²) in [6, 6.07) is 15.1. The van der Waals surface area contributed by atoms with Crippen molar-refractivity contribution in [2.75, 3.05) is 33.5 Å². The van der Waals surface area contributed by atoms with Crippen LogP contribution in [0.2, 0.25) is 10.0 Å². The highest BCUT2D eigenvalue weighted by molar-refractivity contribution is 7.92. The van der Waals surface area contributed by atoms with Gasteiger partial charge in [0.05, 0.1) is 40.7 Å². The number of alkyl carbamates (subject to hydrolysis) is 1. The van der Waals surface area contributed by atoms with E-state index >= 15 is 4.39 Å². The molecule has 2 aliphatic heterocycles. The van der Waals surface area contributed by atoms with Crippen molar-refractivity contribution in [3.05, 3.63) is 117 Å². The molecule has 0 radical (unpaired) electrons. The molecule has 2 fully saturated rings. The molecule has 61 heavy (non-hydrogen) atoms. The summed E-state index contributed by atoms with van der Waals surface area (Å²) in [5, 5.41) is 12.7. The van der Waals surface area contributed by atoms with Gasteiger partial charge in [-0.25, -0.2) is 39.2 Å². The Labute approximate surface area is 362 Å². The molecule has 0 spiro atoms. The number of rotatable bonds is 7. The van der Waals surface area contributed by atoms with Crippen LogP contribution in [-0.4, -0.2) is 61.5 Å². The van der Waals surface area contributed by atoms with Crippen LogP contribution in [0.3, 0.4) is 0 Å². The number of ether oxygens (including phenoxy) is 3. The maximum absolute atomic E-state index is 15.2. The minimum absolute atomic E-state index is 0. The van der Waals surface area contributed by atoms with Crippen LogP contribution in [0.15, 0.2) is 82.6 Å². The summed E-state index contributed by atoms with van der Waals surface area (Å²) in [5.41, 5.74) is -0.510. The van der Waals surface area contributed by atoms with Crippen molar-refractivity contribution in [2.45, 2.75) is 65.2 Å². The molecule has 10 nitrogen and oxygen atoms in total. The number of hydrogen-bond donors (Lipinski definition) is 2. The van der Waals surface area contributed by atoms with Gasteiger partial charge in [-0.2, -0.15) is 0 Å². The van der Waals surface area contributed by atoms with Gasteiger partial charge in [0.15, 0.2) is 42.8 Å². The third kappa shape index (κ3) is 7.96. The third-order valence-electron chi connectivity index (χ3n) is 12.3. The van der Waals surface area contributed by atoms with Gasteiger partial charge in [-0.3, -0.25) is 0 Å². The molecule has 4 aromatic rings. The maximum atomic E-state index is 15.2. The number of aliphatic hydroxyl groups excluding tert-OH is 1. The lowest BCUT2D eigenvalue weighted by molar-refractivity contribution is 0.0630. The van der Waals surface area contributed by atoms with Crippen molar-refractivity contribution in [1.82, 2.24) is 5.32 Å². The molecule has 2 heterocycles. The van der Waals surface area contributed by atoms with Gasteiger partial charge in [0.2, 0.25) is 0 Å². The second-order valence-electron chi connectivity index (χ2n) is 15.5. The normalized spacial score (nSPS) is 25.2. The minimum atomic E-state index is -4.18. The van der Waals surface area contributed by atoms with Gasteiger partial charge in [0.25, 0.3) is 0 Å². The van der Waals surface area contributed by atoms with Crippen LogP contribution in [0.5, 0.6) is 11.5 Å². The van der Waals surface area contributed by atoms with Crippen molar-refractivity contribution in [2.24, 2.45) is 23.7 Å². The summed E-state index contributed by atoms with van der Waals surface area (Å²) in [6.07, 6.45) is 0.892.